The molecule has 3 nitrogen and oxygen atoms in total. The molecule has 1 heterocycles. The summed E-state index contributed by atoms with van der Waals surface area (Å²) < 4.78 is 0. The molecule has 0 unspecified atom stereocenters. The second-order valence-electron chi connectivity index (χ2n) is 1.90. The molecule has 0 spiro atoms. The summed E-state index contributed by atoms with van der Waals surface area (Å²) in [5, 5.41) is 9.34. The minimum Gasteiger partial charge on any atom is -0.383 e. The molecule has 1 aromatic rings. The third kappa shape index (κ3) is 1.63. The minimum atomic E-state index is 0.305. The molecule has 0 radical (unpaired) electrons. The molecule has 0 saturated carbocycles. The van der Waals surface area contributed by atoms with Gasteiger partial charge >= 0.3 is 0 Å². The van der Waals surface area contributed by atoms with E-state index in [0.29, 0.717) is 11.4 Å². The number of nitrogens with zero attached hydrogens (tertiary/aromatic N) is 2. The second kappa shape index (κ2) is 3.26. The van der Waals surface area contributed by atoms with Gasteiger partial charge in [-0.05, 0) is 18.4 Å². The third-order valence-electron chi connectivity index (χ3n) is 1.23. The molecule has 0 fully saturated rings. The molecule has 11 heavy (non-hydrogen) atoms. The van der Waals surface area contributed by atoms with Gasteiger partial charge < -0.3 is 5.73 Å². The van der Waals surface area contributed by atoms with Crippen LogP contribution < -0.4 is 5.73 Å². The first-order valence-corrected chi connectivity index (χ1v) is 4.21. The van der Waals surface area contributed by atoms with E-state index in [1.807, 2.05) is 12.3 Å². The van der Waals surface area contributed by atoms with Crippen molar-refractivity contribution in [1.29, 1.82) is 5.26 Å². The Kier molecular flexibility index (Phi) is 2.34. The Morgan fingerprint density at radius 3 is 2.82 bits per heavy atom. The summed E-state index contributed by atoms with van der Waals surface area (Å²) in [5.74, 6) is 0.305. The predicted octanol–water partition coefficient (Wildman–Crippen LogP) is 1.26. The quantitative estimate of drug-likeness (QED) is 0.636. The number of nitrogens with two attached hydrogens (primary N) is 1. The lowest BCUT2D eigenvalue weighted by atomic mass is 10.3. The van der Waals surface area contributed by atoms with Crippen LogP contribution in [0.3, 0.4) is 0 Å². The summed E-state index contributed by atoms with van der Waals surface area (Å²) in [7, 11) is 0. The summed E-state index contributed by atoms with van der Waals surface area (Å²) in [6.45, 7) is 0. The van der Waals surface area contributed by atoms with E-state index in [4.69, 9.17) is 11.0 Å². The van der Waals surface area contributed by atoms with Gasteiger partial charge in [0, 0.05) is 0 Å². The number of hydrogen-bond donors (Lipinski definition) is 1. The Labute approximate surface area is 69.2 Å². The fraction of sp³-hybridized carbons (Fsp3) is 0.143. The number of pyridine rings is 1. The second-order valence-corrected chi connectivity index (χ2v) is 2.72. The van der Waals surface area contributed by atoms with Crippen LogP contribution in [0.4, 0.5) is 5.82 Å². The molecule has 56 valence electrons. The van der Waals surface area contributed by atoms with Crippen LogP contribution in [-0.2, 0) is 0 Å². The molecular weight excluding hydrogens is 158 g/mol. The van der Waals surface area contributed by atoms with Crippen molar-refractivity contribution < 1.29 is 0 Å². The van der Waals surface area contributed by atoms with Gasteiger partial charge in [-0.15, -0.1) is 11.8 Å². The first-order chi connectivity index (χ1) is 5.27. The van der Waals surface area contributed by atoms with Crippen molar-refractivity contribution in [3.8, 4) is 6.07 Å². The summed E-state index contributed by atoms with van der Waals surface area (Å²) in [6, 6.07) is 5.40. The van der Waals surface area contributed by atoms with E-state index in [9.17, 15) is 0 Å². The van der Waals surface area contributed by atoms with Crippen LogP contribution >= 0.6 is 11.8 Å². The fourth-order valence-electron chi connectivity index (χ4n) is 0.664. The Morgan fingerprint density at radius 2 is 2.36 bits per heavy atom. The van der Waals surface area contributed by atoms with Gasteiger partial charge in [0.25, 0.3) is 0 Å². The molecule has 0 bridgehead atoms. The monoisotopic (exact) mass is 165 g/mol. The van der Waals surface area contributed by atoms with Gasteiger partial charge in [-0.25, -0.2) is 4.98 Å². The number of aromatic nitrogens is 1. The van der Waals surface area contributed by atoms with E-state index in [1.165, 1.54) is 11.8 Å². The number of hydrogen-bond acceptors (Lipinski definition) is 4. The highest BCUT2D eigenvalue weighted by Crippen LogP contribution is 2.15. The van der Waals surface area contributed by atoms with Gasteiger partial charge in [0.1, 0.15) is 11.9 Å². The Bertz CT molecular complexity index is 303. The van der Waals surface area contributed by atoms with Crippen molar-refractivity contribution in [2.24, 2.45) is 0 Å². The number of nitrogen functional groups attached to an aromatic ring is 1. The van der Waals surface area contributed by atoms with Crippen molar-refractivity contribution in [3.63, 3.8) is 0 Å². The van der Waals surface area contributed by atoms with E-state index in [1.54, 1.807) is 12.1 Å². The highest BCUT2D eigenvalue weighted by molar-refractivity contribution is 7.98. The van der Waals surface area contributed by atoms with Crippen molar-refractivity contribution in [3.05, 3.63) is 17.7 Å². The molecule has 0 amide bonds. The van der Waals surface area contributed by atoms with Crippen LogP contribution in [0.15, 0.2) is 17.2 Å². The van der Waals surface area contributed by atoms with Gasteiger partial charge in [-0.3, -0.25) is 0 Å². The van der Waals surface area contributed by atoms with Crippen LogP contribution in [0.2, 0.25) is 0 Å². The molecule has 0 aliphatic rings. The maximum atomic E-state index is 8.51. The van der Waals surface area contributed by atoms with Crippen LogP contribution in [0.25, 0.3) is 0 Å². The molecule has 0 saturated heterocycles. The highest BCUT2D eigenvalue weighted by atomic mass is 32.2. The minimum absolute atomic E-state index is 0.305. The normalized spacial score (nSPS) is 9.09. The zero-order chi connectivity index (χ0) is 8.27. The SMILES string of the molecule is CSc1ccc(C#N)c(N)n1. The van der Waals surface area contributed by atoms with Crippen LogP contribution in [0.1, 0.15) is 5.56 Å². The van der Waals surface area contributed by atoms with E-state index in [2.05, 4.69) is 4.98 Å². The van der Waals surface area contributed by atoms with Crippen molar-refractivity contribution in [2.75, 3.05) is 12.0 Å². The predicted molar refractivity (Wildman–Crippen MR) is 45.1 cm³/mol. The van der Waals surface area contributed by atoms with Gasteiger partial charge in [-0.2, -0.15) is 5.26 Å². The lowest BCUT2D eigenvalue weighted by molar-refractivity contribution is 1.14. The Morgan fingerprint density at radius 1 is 1.64 bits per heavy atom. The number of anilines is 1. The summed E-state index contributed by atoms with van der Waals surface area (Å²) in [5.41, 5.74) is 5.89. The van der Waals surface area contributed by atoms with Crippen molar-refractivity contribution in [1.82, 2.24) is 4.98 Å². The van der Waals surface area contributed by atoms with E-state index in [-0.39, 0.29) is 0 Å². The molecule has 0 aliphatic heterocycles. The van der Waals surface area contributed by atoms with E-state index >= 15 is 0 Å². The van der Waals surface area contributed by atoms with Crippen molar-refractivity contribution in [2.45, 2.75) is 5.03 Å². The maximum absolute atomic E-state index is 8.51. The van der Waals surface area contributed by atoms with Crippen LogP contribution in [-0.4, -0.2) is 11.2 Å². The lowest BCUT2D eigenvalue weighted by Crippen LogP contribution is -1.94. The van der Waals surface area contributed by atoms with E-state index in [0.717, 1.165) is 5.03 Å². The fourth-order valence-corrected chi connectivity index (χ4v) is 1.06. The lowest BCUT2D eigenvalue weighted by Gasteiger charge is -1.97. The number of thioether (sulfide) groups is 1. The smallest absolute Gasteiger partial charge is 0.142 e. The van der Waals surface area contributed by atoms with Gasteiger partial charge in [-0.1, -0.05) is 0 Å². The first-order valence-electron chi connectivity index (χ1n) is 2.98. The number of rotatable bonds is 1. The molecule has 0 atom stereocenters. The standard InChI is InChI=1S/C7H7N3S/c1-11-6-3-2-5(4-8)7(9)10-6/h2-3H,1H3,(H2,9,10). The van der Waals surface area contributed by atoms with Gasteiger partial charge in [0.05, 0.1) is 10.6 Å². The summed E-state index contributed by atoms with van der Waals surface area (Å²) in [6.07, 6.45) is 1.91. The zero-order valence-electron chi connectivity index (χ0n) is 6.03. The Balaban J connectivity index is 3.12. The van der Waals surface area contributed by atoms with Crippen LogP contribution in [0, 0.1) is 11.3 Å². The first kappa shape index (κ1) is 7.89. The number of nitriles is 1. The molecule has 1 aromatic heterocycles. The maximum Gasteiger partial charge on any atom is 0.142 e. The highest BCUT2D eigenvalue weighted by Gasteiger charge is 1.99. The summed E-state index contributed by atoms with van der Waals surface area (Å²) in [4.78, 5) is 3.98. The molecule has 2 N–H and O–H groups in total. The topological polar surface area (TPSA) is 62.7 Å². The zero-order valence-corrected chi connectivity index (χ0v) is 6.85. The molecule has 0 aliphatic carbocycles. The molecule has 0 aromatic carbocycles. The molecule has 1 rings (SSSR count). The van der Waals surface area contributed by atoms with E-state index < -0.39 is 0 Å². The largest absolute Gasteiger partial charge is 0.383 e. The molecular formula is C7H7N3S. The third-order valence-corrected chi connectivity index (χ3v) is 1.87. The van der Waals surface area contributed by atoms with Crippen molar-refractivity contribution >= 4 is 17.6 Å². The summed E-state index contributed by atoms with van der Waals surface area (Å²) >= 11 is 1.50. The Hall–Kier alpha value is -1.21. The van der Waals surface area contributed by atoms with Crippen LogP contribution in [0.5, 0.6) is 0 Å². The van der Waals surface area contributed by atoms with Gasteiger partial charge in [0.2, 0.25) is 0 Å². The molecule has 4 heteroatoms. The average Bonchev–Trinajstić information content (AvgIpc) is 2.04. The average molecular weight is 165 g/mol. The van der Waals surface area contributed by atoms with Gasteiger partial charge in [0.15, 0.2) is 0 Å².